The van der Waals surface area contributed by atoms with Crippen molar-refractivity contribution in [3.63, 3.8) is 0 Å². The van der Waals surface area contributed by atoms with E-state index in [-0.39, 0.29) is 11.3 Å². The van der Waals surface area contributed by atoms with Crippen molar-refractivity contribution in [2.75, 3.05) is 38.7 Å². The molecule has 1 saturated carbocycles. The Labute approximate surface area is 128 Å². The Morgan fingerprint density at radius 3 is 2.50 bits per heavy atom. The molecule has 118 valence electrons. The normalized spacial score (nSPS) is 27.6. The number of rotatable bonds is 4. The molecule has 0 aromatic rings. The van der Waals surface area contributed by atoms with Crippen LogP contribution in [0.1, 0.15) is 38.5 Å². The molecule has 1 saturated heterocycles. The Kier molecular flexibility index (Phi) is 6.20. The van der Waals surface area contributed by atoms with Crippen LogP contribution in [0.5, 0.6) is 0 Å². The molecule has 4 nitrogen and oxygen atoms in total. The quantitative estimate of drug-likeness (QED) is 0.794. The minimum atomic E-state index is -3.11. The minimum Gasteiger partial charge on any atom is -0.308 e. The van der Waals surface area contributed by atoms with Gasteiger partial charge in [-0.25, -0.2) is 8.42 Å². The van der Waals surface area contributed by atoms with Crippen LogP contribution in [0, 0.1) is 0 Å². The van der Waals surface area contributed by atoms with E-state index in [1.165, 1.54) is 6.42 Å². The van der Waals surface area contributed by atoms with Gasteiger partial charge in [-0.2, -0.15) is 16.1 Å². The highest BCUT2D eigenvalue weighted by molar-refractivity contribution is 7.99. The van der Waals surface area contributed by atoms with Crippen molar-refractivity contribution in [3.05, 3.63) is 0 Å². The van der Waals surface area contributed by atoms with E-state index in [0.717, 1.165) is 50.2 Å². The summed E-state index contributed by atoms with van der Waals surface area (Å²) in [6, 6.07) is 0.143. The summed E-state index contributed by atoms with van der Waals surface area (Å²) >= 11 is 1.90. The Bertz CT molecular complexity index is 392. The first-order valence-electron chi connectivity index (χ1n) is 7.75. The lowest BCUT2D eigenvalue weighted by Gasteiger charge is -2.35. The molecule has 0 aromatic carbocycles. The predicted molar refractivity (Wildman–Crippen MR) is 86.8 cm³/mol. The van der Waals surface area contributed by atoms with Crippen molar-refractivity contribution in [3.8, 4) is 0 Å². The molecule has 20 heavy (non-hydrogen) atoms. The summed E-state index contributed by atoms with van der Waals surface area (Å²) in [6.07, 6.45) is 6.06. The van der Waals surface area contributed by atoms with Gasteiger partial charge in [0.05, 0.1) is 5.25 Å². The topological polar surface area (TPSA) is 40.6 Å². The van der Waals surface area contributed by atoms with Crippen molar-refractivity contribution in [2.24, 2.45) is 0 Å². The van der Waals surface area contributed by atoms with E-state index in [1.807, 2.05) is 30.2 Å². The SMILES string of the molecule is CN(C)CC1CSCCCN1S(=O)(=O)C1CCCCC1. The predicted octanol–water partition coefficient (Wildman–Crippen LogP) is 2.02. The summed E-state index contributed by atoms with van der Waals surface area (Å²) < 4.78 is 27.8. The van der Waals surface area contributed by atoms with Gasteiger partial charge in [0, 0.05) is 24.9 Å². The molecule has 1 unspecified atom stereocenters. The maximum Gasteiger partial charge on any atom is 0.217 e. The molecule has 0 amide bonds. The summed E-state index contributed by atoms with van der Waals surface area (Å²) in [5, 5.41) is -0.121. The van der Waals surface area contributed by atoms with Gasteiger partial charge in [0.25, 0.3) is 0 Å². The minimum absolute atomic E-state index is 0.121. The van der Waals surface area contributed by atoms with Crippen LogP contribution in [0.25, 0.3) is 0 Å². The van der Waals surface area contributed by atoms with E-state index in [4.69, 9.17) is 0 Å². The molecular formula is C14H28N2O2S2. The van der Waals surface area contributed by atoms with Gasteiger partial charge in [-0.3, -0.25) is 0 Å². The summed E-state index contributed by atoms with van der Waals surface area (Å²) in [7, 11) is 0.948. The van der Waals surface area contributed by atoms with Crippen LogP contribution in [0.2, 0.25) is 0 Å². The largest absolute Gasteiger partial charge is 0.308 e. The molecule has 2 fully saturated rings. The first-order valence-corrected chi connectivity index (χ1v) is 10.4. The van der Waals surface area contributed by atoms with Gasteiger partial charge in [-0.1, -0.05) is 19.3 Å². The standard InChI is InChI=1S/C14H28N2O2S2/c1-15(2)11-13-12-19-10-6-9-16(13)20(17,18)14-7-4-3-5-8-14/h13-14H,3-12H2,1-2H3. The lowest BCUT2D eigenvalue weighted by molar-refractivity contribution is 0.266. The molecule has 0 bridgehead atoms. The van der Waals surface area contributed by atoms with Gasteiger partial charge in [0.2, 0.25) is 10.0 Å². The van der Waals surface area contributed by atoms with E-state index in [1.54, 1.807) is 0 Å². The summed E-state index contributed by atoms with van der Waals surface area (Å²) in [6.45, 7) is 1.54. The van der Waals surface area contributed by atoms with E-state index in [2.05, 4.69) is 4.90 Å². The zero-order valence-electron chi connectivity index (χ0n) is 12.8. The van der Waals surface area contributed by atoms with Crippen molar-refractivity contribution >= 4 is 21.8 Å². The number of sulfonamides is 1. The fourth-order valence-electron chi connectivity index (χ4n) is 3.26. The van der Waals surface area contributed by atoms with Crippen LogP contribution in [-0.2, 0) is 10.0 Å². The van der Waals surface area contributed by atoms with Crippen molar-refractivity contribution in [2.45, 2.75) is 49.8 Å². The Balaban J connectivity index is 2.15. The summed E-state index contributed by atoms with van der Waals surface area (Å²) in [5.74, 6) is 2.02. The molecule has 0 aromatic heterocycles. The van der Waals surface area contributed by atoms with Crippen molar-refractivity contribution < 1.29 is 8.42 Å². The van der Waals surface area contributed by atoms with Gasteiger partial charge >= 0.3 is 0 Å². The van der Waals surface area contributed by atoms with Crippen LogP contribution in [0.15, 0.2) is 0 Å². The molecule has 1 heterocycles. The number of nitrogens with zero attached hydrogens (tertiary/aromatic N) is 2. The van der Waals surface area contributed by atoms with Crippen LogP contribution in [-0.4, -0.2) is 67.6 Å². The number of hydrogen-bond donors (Lipinski definition) is 0. The fraction of sp³-hybridized carbons (Fsp3) is 1.00. The first kappa shape index (κ1) is 16.6. The molecule has 0 spiro atoms. The third kappa shape index (κ3) is 4.12. The average Bonchev–Trinajstić information content (AvgIpc) is 2.65. The second-order valence-corrected chi connectivity index (χ2v) is 9.58. The van der Waals surface area contributed by atoms with Crippen LogP contribution in [0.4, 0.5) is 0 Å². The fourth-order valence-corrected chi connectivity index (χ4v) is 6.67. The van der Waals surface area contributed by atoms with E-state index in [9.17, 15) is 8.42 Å². The summed E-state index contributed by atoms with van der Waals surface area (Å²) in [5.41, 5.74) is 0. The second kappa shape index (κ2) is 7.47. The Hall–Kier alpha value is 0.220. The third-order valence-corrected chi connectivity index (χ3v) is 7.91. The molecule has 6 heteroatoms. The van der Waals surface area contributed by atoms with E-state index < -0.39 is 10.0 Å². The molecule has 0 N–H and O–H groups in total. The average molecular weight is 321 g/mol. The maximum absolute atomic E-state index is 13.0. The molecule has 1 aliphatic carbocycles. The smallest absolute Gasteiger partial charge is 0.217 e. The Morgan fingerprint density at radius 2 is 1.85 bits per heavy atom. The second-order valence-electron chi connectivity index (χ2n) is 6.26. The monoisotopic (exact) mass is 320 g/mol. The highest BCUT2D eigenvalue weighted by Crippen LogP contribution is 2.29. The van der Waals surface area contributed by atoms with E-state index in [0.29, 0.717) is 6.54 Å². The Morgan fingerprint density at radius 1 is 1.15 bits per heavy atom. The van der Waals surface area contributed by atoms with Crippen molar-refractivity contribution in [1.82, 2.24) is 9.21 Å². The van der Waals surface area contributed by atoms with Crippen LogP contribution in [0.3, 0.4) is 0 Å². The lowest BCUT2D eigenvalue weighted by Crippen LogP contribution is -2.50. The number of thioether (sulfide) groups is 1. The van der Waals surface area contributed by atoms with Crippen molar-refractivity contribution in [1.29, 1.82) is 0 Å². The van der Waals surface area contributed by atoms with Gasteiger partial charge < -0.3 is 4.90 Å². The van der Waals surface area contributed by atoms with E-state index >= 15 is 0 Å². The van der Waals surface area contributed by atoms with Gasteiger partial charge in [0.15, 0.2) is 0 Å². The van der Waals surface area contributed by atoms with Crippen LogP contribution < -0.4 is 0 Å². The number of likely N-dealkylation sites (N-methyl/N-ethyl adjacent to an activating group) is 1. The number of hydrogen-bond acceptors (Lipinski definition) is 4. The van der Waals surface area contributed by atoms with Gasteiger partial charge in [-0.05, 0) is 39.1 Å². The molecule has 2 rings (SSSR count). The molecule has 0 radical (unpaired) electrons. The zero-order chi connectivity index (χ0) is 14.6. The zero-order valence-corrected chi connectivity index (χ0v) is 14.4. The van der Waals surface area contributed by atoms with Gasteiger partial charge in [0.1, 0.15) is 0 Å². The maximum atomic E-state index is 13.0. The van der Waals surface area contributed by atoms with Gasteiger partial charge in [-0.15, -0.1) is 0 Å². The highest BCUT2D eigenvalue weighted by atomic mass is 32.2. The first-order chi connectivity index (χ1) is 9.51. The highest BCUT2D eigenvalue weighted by Gasteiger charge is 2.37. The molecule has 2 aliphatic rings. The molecule has 1 atom stereocenters. The summed E-state index contributed by atoms with van der Waals surface area (Å²) in [4.78, 5) is 2.11. The molecule has 1 aliphatic heterocycles. The molecular weight excluding hydrogens is 292 g/mol. The third-order valence-electron chi connectivity index (χ3n) is 4.26. The van der Waals surface area contributed by atoms with Crippen LogP contribution >= 0.6 is 11.8 Å². The lowest BCUT2D eigenvalue weighted by atomic mass is 10.0.